The molecule has 1 aliphatic rings. The number of amides is 1. The van der Waals surface area contributed by atoms with Gasteiger partial charge in [-0.1, -0.05) is 0 Å². The molecular weight excluding hydrogens is 252 g/mol. The average Bonchev–Trinajstić information content (AvgIpc) is 2.40. The van der Waals surface area contributed by atoms with Crippen LogP contribution in [-0.2, 0) is 0 Å². The first kappa shape index (κ1) is 13.2. The number of rotatable bonds is 3. The van der Waals surface area contributed by atoms with Crippen LogP contribution in [0.3, 0.4) is 0 Å². The van der Waals surface area contributed by atoms with E-state index in [1.54, 1.807) is 4.90 Å². The van der Waals surface area contributed by atoms with Gasteiger partial charge in [-0.05, 0) is 43.5 Å². The summed E-state index contributed by atoms with van der Waals surface area (Å²) in [4.78, 5) is 21.5. The van der Waals surface area contributed by atoms with Crippen molar-refractivity contribution in [2.75, 3.05) is 26.7 Å². The van der Waals surface area contributed by atoms with Crippen LogP contribution in [0.4, 0.5) is 0 Å². The second-order valence-electron chi connectivity index (χ2n) is 4.62. The van der Waals surface area contributed by atoms with Gasteiger partial charge >= 0.3 is 0 Å². The van der Waals surface area contributed by atoms with Crippen molar-refractivity contribution in [3.05, 3.63) is 23.2 Å². The monoisotopic (exact) mass is 268 g/mol. The Labute approximate surface area is 112 Å². The van der Waals surface area contributed by atoms with E-state index in [1.165, 1.54) is 12.4 Å². The lowest BCUT2D eigenvalue weighted by Crippen LogP contribution is -2.37. The molecule has 1 aliphatic heterocycles. The van der Waals surface area contributed by atoms with Gasteiger partial charge in [0, 0.05) is 26.0 Å². The molecule has 5 nitrogen and oxygen atoms in total. The molecule has 0 aromatic carbocycles. The largest absolute Gasteiger partial charge is 0.341 e. The molecular formula is C12H17ClN4O. The Morgan fingerprint density at radius 2 is 2.06 bits per heavy atom. The first-order chi connectivity index (χ1) is 8.66. The topological polar surface area (TPSA) is 58.1 Å². The van der Waals surface area contributed by atoms with E-state index >= 15 is 0 Å². The van der Waals surface area contributed by atoms with Crippen LogP contribution in [0.25, 0.3) is 0 Å². The van der Waals surface area contributed by atoms with Crippen LogP contribution in [0.2, 0.25) is 5.28 Å². The van der Waals surface area contributed by atoms with E-state index in [1.807, 2.05) is 7.05 Å². The molecule has 1 aromatic rings. The first-order valence-corrected chi connectivity index (χ1v) is 6.48. The first-order valence-electron chi connectivity index (χ1n) is 6.10. The van der Waals surface area contributed by atoms with Crippen molar-refractivity contribution in [3.63, 3.8) is 0 Å². The van der Waals surface area contributed by atoms with Gasteiger partial charge in [0.2, 0.25) is 5.28 Å². The standard InChI is InChI=1S/C12H17ClN4O/c1-17(8-9-2-4-14-5-3-9)11(18)10-6-15-12(13)16-7-10/h6-7,9,14H,2-5,8H2,1H3. The van der Waals surface area contributed by atoms with Crippen LogP contribution in [0.15, 0.2) is 12.4 Å². The van der Waals surface area contributed by atoms with Gasteiger partial charge in [-0.3, -0.25) is 4.79 Å². The van der Waals surface area contributed by atoms with Crippen LogP contribution < -0.4 is 5.32 Å². The van der Waals surface area contributed by atoms with Gasteiger partial charge in [-0.15, -0.1) is 0 Å². The third-order valence-electron chi connectivity index (χ3n) is 3.20. The molecule has 2 heterocycles. The Morgan fingerprint density at radius 3 is 2.67 bits per heavy atom. The van der Waals surface area contributed by atoms with Crippen molar-refractivity contribution in [1.82, 2.24) is 20.2 Å². The molecule has 0 unspecified atom stereocenters. The molecule has 1 aromatic heterocycles. The predicted molar refractivity (Wildman–Crippen MR) is 69.6 cm³/mol. The number of nitrogens with one attached hydrogen (secondary N) is 1. The zero-order chi connectivity index (χ0) is 13.0. The maximum absolute atomic E-state index is 12.1. The molecule has 0 aliphatic carbocycles. The quantitative estimate of drug-likeness (QED) is 0.837. The van der Waals surface area contributed by atoms with E-state index in [0.717, 1.165) is 32.5 Å². The summed E-state index contributed by atoms with van der Waals surface area (Å²) in [6.45, 7) is 2.86. The smallest absolute Gasteiger partial charge is 0.256 e. The molecule has 6 heteroatoms. The molecule has 2 rings (SSSR count). The lowest BCUT2D eigenvalue weighted by atomic mass is 9.97. The molecule has 0 saturated carbocycles. The highest BCUT2D eigenvalue weighted by molar-refractivity contribution is 6.28. The van der Waals surface area contributed by atoms with E-state index in [9.17, 15) is 4.79 Å². The van der Waals surface area contributed by atoms with Crippen LogP contribution in [0.5, 0.6) is 0 Å². The maximum atomic E-state index is 12.1. The minimum atomic E-state index is -0.0507. The Balaban J connectivity index is 1.93. The van der Waals surface area contributed by atoms with E-state index in [0.29, 0.717) is 11.5 Å². The van der Waals surface area contributed by atoms with Gasteiger partial charge in [0.1, 0.15) is 0 Å². The Bertz CT molecular complexity index is 403. The molecule has 0 atom stereocenters. The molecule has 1 amide bonds. The minimum Gasteiger partial charge on any atom is -0.341 e. The number of carbonyl (C=O) groups is 1. The van der Waals surface area contributed by atoms with Crippen molar-refractivity contribution in [2.24, 2.45) is 5.92 Å². The third-order valence-corrected chi connectivity index (χ3v) is 3.40. The fourth-order valence-corrected chi connectivity index (χ4v) is 2.28. The minimum absolute atomic E-state index is 0.0507. The fraction of sp³-hybridized carbons (Fsp3) is 0.583. The molecule has 0 spiro atoms. The zero-order valence-electron chi connectivity index (χ0n) is 10.4. The number of nitrogens with zero attached hydrogens (tertiary/aromatic N) is 3. The summed E-state index contributed by atoms with van der Waals surface area (Å²) in [5.41, 5.74) is 0.482. The Morgan fingerprint density at radius 1 is 1.44 bits per heavy atom. The van der Waals surface area contributed by atoms with E-state index in [2.05, 4.69) is 15.3 Å². The summed E-state index contributed by atoms with van der Waals surface area (Å²) in [6, 6.07) is 0. The molecule has 1 N–H and O–H groups in total. The highest BCUT2D eigenvalue weighted by Crippen LogP contribution is 2.14. The lowest BCUT2D eigenvalue weighted by Gasteiger charge is -2.27. The summed E-state index contributed by atoms with van der Waals surface area (Å²) >= 11 is 5.60. The molecule has 0 bridgehead atoms. The van der Waals surface area contributed by atoms with Gasteiger partial charge in [0.25, 0.3) is 5.91 Å². The second-order valence-corrected chi connectivity index (χ2v) is 4.96. The van der Waals surface area contributed by atoms with Crippen LogP contribution in [0, 0.1) is 5.92 Å². The number of halogens is 1. The number of hydrogen-bond donors (Lipinski definition) is 1. The number of piperidine rings is 1. The van der Waals surface area contributed by atoms with Crippen molar-refractivity contribution < 1.29 is 4.79 Å². The van der Waals surface area contributed by atoms with Gasteiger partial charge in [-0.25, -0.2) is 9.97 Å². The summed E-state index contributed by atoms with van der Waals surface area (Å²) in [6.07, 6.45) is 5.18. The summed E-state index contributed by atoms with van der Waals surface area (Å²) in [7, 11) is 1.82. The van der Waals surface area contributed by atoms with Gasteiger partial charge in [-0.2, -0.15) is 0 Å². The molecule has 18 heavy (non-hydrogen) atoms. The summed E-state index contributed by atoms with van der Waals surface area (Å²) < 4.78 is 0. The van der Waals surface area contributed by atoms with Crippen LogP contribution in [-0.4, -0.2) is 47.5 Å². The predicted octanol–water partition coefficient (Wildman–Crippen LogP) is 1.20. The summed E-state index contributed by atoms with van der Waals surface area (Å²) in [5.74, 6) is 0.526. The molecule has 1 fully saturated rings. The summed E-state index contributed by atoms with van der Waals surface area (Å²) in [5, 5.41) is 3.48. The van der Waals surface area contributed by atoms with Gasteiger partial charge in [0.05, 0.1) is 5.56 Å². The third kappa shape index (κ3) is 3.40. The van der Waals surface area contributed by atoms with E-state index in [4.69, 9.17) is 11.6 Å². The Hall–Kier alpha value is -1.20. The number of carbonyl (C=O) groups excluding carboxylic acids is 1. The second kappa shape index (κ2) is 6.11. The lowest BCUT2D eigenvalue weighted by molar-refractivity contribution is 0.0762. The maximum Gasteiger partial charge on any atom is 0.256 e. The number of hydrogen-bond acceptors (Lipinski definition) is 4. The SMILES string of the molecule is CN(CC1CCNCC1)C(=O)c1cnc(Cl)nc1. The molecule has 1 saturated heterocycles. The van der Waals surface area contributed by atoms with Crippen LogP contribution >= 0.6 is 11.6 Å². The zero-order valence-corrected chi connectivity index (χ0v) is 11.2. The van der Waals surface area contributed by atoms with Gasteiger partial charge < -0.3 is 10.2 Å². The molecule has 0 radical (unpaired) electrons. The van der Waals surface area contributed by atoms with E-state index in [-0.39, 0.29) is 11.2 Å². The molecule has 98 valence electrons. The van der Waals surface area contributed by atoms with Crippen molar-refractivity contribution in [2.45, 2.75) is 12.8 Å². The normalized spacial score (nSPS) is 16.6. The van der Waals surface area contributed by atoms with E-state index < -0.39 is 0 Å². The Kier molecular flexibility index (Phi) is 4.49. The fourth-order valence-electron chi connectivity index (χ4n) is 2.18. The highest BCUT2D eigenvalue weighted by atomic mass is 35.5. The van der Waals surface area contributed by atoms with Crippen LogP contribution in [0.1, 0.15) is 23.2 Å². The highest BCUT2D eigenvalue weighted by Gasteiger charge is 2.19. The number of aromatic nitrogens is 2. The average molecular weight is 269 g/mol. The van der Waals surface area contributed by atoms with Crippen molar-refractivity contribution in [1.29, 1.82) is 0 Å². The van der Waals surface area contributed by atoms with Gasteiger partial charge in [0.15, 0.2) is 0 Å². The van der Waals surface area contributed by atoms with Crippen molar-refractivity contribution >= 4 is 17.5 Å². The van der Waals surface area contributed by atoms with Crippen molar-refractivity contribution in [3.8, 4) is 0 Å².